The van der Waals surface area contributed by atoms with Crippen molar-refractivity contribution in [2.24, 2.45) is 23.3 Å². The Morgan fingerprint density at radius 3 is 0.867 bits per heavy atom. The van der Waals surface area contributed by atoms with Crippen LogP contribution in [0.4, 0.5) is 0 Å². The number of hydrogen-bond donors (Lipinski definition) is 18. The van der Waals surface area contributed by atoms with E-state index < -0.39 is 230 Å². The molecule has 0 aliphatic carbocycles. The maximum atomic E-state index is 13.9. The predicted molar refractivity (Wildman–Crippen MR) is 418 cm³/mol. The molecule has 6 aromatic rings. The molecule has 0 aliphatic rings. The lowest BCUT2D eigenvalue weighted by atomic mass is 9.85. The summed E-state index contributed by atoms with van der Waals surface area (Å²) in [4.78, 5) is 229. The number of primary amides is 2. The first-order valence-corrected chi connectivity index (χ1v) is 37.3. The van der Waals surface area contributed by atoms with Crippen molar-refractivity contribution in [3.63, 3.8) is 0 Å². The smallest absolute Gasteiger partial charge is 0.305 e. The number of nitrogens with one attached hydrogen (secondary N) is 10. The van der Waals surface area contributed by atoms with Gasteiger partial charge in [-0.25, -0.2) is 9.36 Å². The van der Waals surface area contributed by atoms with Gasteiger partial charge in [0.25, 0.3) is 0 Å². The fourth-order valence-corrected chi connectivity index (χ4v) is 12.2. The number of carbonyl (C=O) groups is 18. The van der Waals surface area contributed by atoms with Crippen LogP contribution in [0.2, 0.25) is 0 Å². The predicted octanol–water partition coefficient (Wildman–Crippen LogP) is -2.14. The van der Waals surface area contributed by atoms with Gasteiger partial charge in [-0.2, -0.15) is 0 Å². The summed E-state index contributed by atoms with van der Waals surface area (Å²) in [5.74, 6) is -23.7. The molecule has 4 aromatic carbocycles. The Hall–Kier alpha value is -14.6. The van der Waals surface area contributed by atoms with Gasteiger partial charge in [0.15, 0.2) is 0 Å². The minimum atomic E-state index is -1.91. The Morgan fingerprint density at radius 2 is 0.600 bits per heavy atom. The summed E-state index contributed by atoms with van der Waals surface area (Å²) in [5.41, 5.74) is 18.2. The molecular weight excluding hydrogens is 1570 g/mol. The van der Waals surface area contributed by atoms with Crippen molar-refractivity contribution in [1.82, 2.24) is 83.2 Å². The van der Waals surface area contributed by atoms with Gasteiger partial charge < -0.3 is 95.3 Å². The molecule has 6 rings (SSSR count). The Labute approximate surface area is 684 Å². The number of hydrogen-bond acceptors (Lipinski definition) is 22. The van der Waals surface area contributed by atoms with E-state index in [0.717, 1.165) is 58.4 Å². The van der Waals surface area contributed by atoms with Crippen LogP contribution in [0.5, 0.6) is 0 Å². The van der Waals surface area contributed by atoms with Crippen LogP contribution in [-0.4, -0.2) is 228 Å². The van der Waals surface area contributed by atoms with Crippen LogP contribution in [0.3, 0.4) is 0 Å². The molecule has 120 heavy (non-hydrogen) atoms. The monoisotopic (exact) mass is 1670 g/mol. The van der Waals surface area contributed by atoms with E-state index in [0.29, 0.717) is 0 Å². The molecule has 0 fully saturated rings. The third-order valence-corrected chi connectivity index (χ3v) is 18.1. The van der Waals surface area contributed by atoms with E-state index in [1.807, 2.05) is 109 Å². The Bertz CT molecular complexity index is 4460. The first-order valence-electron chi connectivity index (χ1n) is 37.3. The number of benzene rings is 4. The molecule has 0 spiro atoms. The van der Waals surface area contributed by atoms with Crippen LogP contribution in [-0.2, 0) is 112 Å². The largest absolute Gasteiger partial charge is 0.481 e. The van der Waals surface area contributed by atoms with Gasteiger partial charge in [0.1, 0.15) is 60.4 Å². The van der Waals surface area contributed by atoms with Crippen molar-refractivity contribution in [3.8, 4) is 0 Å². The van der Waals surface area contributed by atoms with E-state index >= 15 is 0 Å². The molecule has 1 unspecified atom stereocenters. The van der Waals surface area contributed by atoms with Crippen molar-refractivity contribution < 1.29 is 117 Å². The number of aromatic nitrogens is 6. The van der Waals surface area contributed by atoms with Gasteiger partial charge in [-0.05, 0) is 69.2 Å². The highest BCUT2D eigenvalue weighted by molar-refractivity contribution is 6.05. The van der Waals surface area contributed by atoms with Gasteiger partial charge in [0.2, 0.25) is 70.9 Å². The number of nitrogens with two attached hydrogens (primary N) is 2. The molecule has 0 saturated carbocycles. The van der Waals surface area contributed by atoms with Crippen LogP contribution in [0.25, 0.3) is 11.1 Å². The number of nitrogens with zero attached hydrogens (tertiary/aromatic N) is 6. The summed E-state index contributed by atoms with van der Waals surface area (Å²) < 4.78 is 2.90. The van der Waals surface area contributed by atoms with Crippen LogP contribution < -0.4 is 64.6 Å². The average Bonchev–Trinajstić information content (AvgIpc) is 0.874. The van der Waals surface area contributed by atoms with Crippen LogP contribution in [0.15, 0.2) is 122 Å². The number of carboxylic acids is 6. The number of carbonyl (C=O) groups excluding carboxylic acids is 12. The number of rotatable bonds is 48. The van der Waals surface area contributed by atoms with Crippen molar-refractivity contribution >= 4 is 118 Å². The number of carboxylic acid groups (broad SMARTS) is 6. The van der Waals surface area contributed by atoms with Crippen molar-refractivity contribution in [3.05, 3.63) is 166 Å². The topological polar surface area (TPSA) is 662 Å². The minimum Gasteiger partial charge on any atom is -0.481 e. The average molecular weight is 1670 g/mol. The second-order valence-electron chi connectivity index (χ2n) is 28.5. The van der Waals surface area contributed by atoms with Crippen molar-refractivity contribution in [1.29, 1.82) is 0 Å². The molecule has 42 heteroatoms. The van der Waals surface area contributed by atoms with Gasteiger partial charge >= 0.3 is 35.8 Å². The first kappa shape index (κ1) is 94.2. The molecule has 0 aliphatic heterocycles. The fraction of sp³-hybridized carbons (Fsp3) is 0.385. The summed E-state index contributed by atoms with van der Waals surface area (Å²) in [5, 5.41) is 96.4. The van der Waals surface area contributed by atoms with E-state index in [1.54, 1.807) is 0 Å². The second kappa shape index (κ2) is 45.0. The maximum absolute atomic E-state index is 13.9. The summed E-state index contributed by atoms with van der Waals surface area (Å²) in [7, 11) is 0. The van der Waals surface area contributed by atoms with E-state index in [4.69, 9.17) is 11.5 Å². The molecule has 0 radical (unpaired) electrons. The van der Waals surface area contributed by atoms with Gasteiger partial charge in [0.05, 0.1) is 50.2 Å². The summed E-state index contributed by atoms with van der Waals surface area (Å²) in [6.07, 6.45) is -4.29. The minimum absolute atomic E-state index is 0.132. The molecule has 640 valence electrons. The normalized spacial score (nSPS) is 13.8. The maximum Gasteiger partial charge on any atom is 0.305 e. The highest BCUT2D eigenvalue weighted by Gasteiger charge is 2.38. The highest BCUT2D eigenvalue weighted by Crippen LogP contribution is 2.37. The Kier molecular flexibility index (Phi) is 35.4. The lowest BCUT2D eigenvalue weighted by molar-refractivity contribution is -0.142. The SMILES string of the molecule is CC(=O)N[C@@H](CC(=O)O)C(=O)N[C@@H](CCC(=O)O)C(=O)N[C@H](C(=O)N[C@@H](CC(=O)O)C(=O)N[C@@H](Cc1cn(Cc2ccc(/C(=C(/c3ccccc3)c3ccc(Cn4cc(C[C@@H](NC(=O)[C@@H](CC(=O)O)NC(=O)C(NC(=O)[C@@H](CCC(=O)O)NC(=O)[C@@H](CC(=O)O)NC(C)=O)C(C)C)C(N)=O)nn4)cc3)c3ccccc3)cc2)nn1)C(N)=O)C(C)C. The molecule has 0 bridgehead atoms. The lowest BCUT2D eigenvalue weighted by Crippen LogP contribution is -2.60. The van der Waals surface area contributed by atoms with Crippen molar-refractivity contribution in [2.45, 2.75) is 179 Å². The summed E-state index contributed by atoms with van der Waals surface area (Å²) in [6, 6.07) is 17.4. The molecule has 10 atom stereocenters. The van der Waals surface area contributed by atoms with Gasteiger partial charge in [-0.1, -0.05) is 147 Å². The van der Waals surface area contributed by atoms with Crippen LogP contribution >= 0.6 is 0 Å². The third kappa shape index (κ3) is 30.2. The van der Waals surface area contributed by atoms with Gasteiger partial charge in [0, 0.05) is 51.9 Å². The van der Waals surface area contributed by atoms with E-state index in [9.17, 15) is 117 Å². The quantitative estimate of drug-likeness (QED) is 0.0181. The molecule has 12 amide bonds. The zero-order valence-electron chi connectivity index (χ0n) is 65.8. The zero-order valence-corrected chi connectivity index (χ0v) is 65.8. The lowest BCUT2D eigenvalue weighted by Gasteiger charge is -2.28. The van der Waals surface area contributed by atoms with Gasteiger partial charge in [-0.15, -0.1) is 10.2 Å². The third-order valence-electron chi connectivity index (χ3n) is 18.1. The molecule has 0 saturated heterocycles. The standard InChI is InChI=1S/C78H94N18O24/c1-39(2)67(89-71(113)51(25-27-59(99)100)83-73(115)55(31-61(103)104)81-41(5)97)77(119)87-57(33-63(107)108)75(117)85-53(69(79)111)29-49-37-95(93-91-49)35-43-17-21-47(22-18-43)65(45-13-9-7-10-14-45)66(46-15-11-8-12-16-46)48-23-19-44(20-24-48)36-96-38-50(92-94-96)30-54(70(80)112)86-76(118)58(34-64(109)110)88-78(120)68(40(3)4)90-72(114)52(26-28-60(101)102)84-74(116)56(32-62(105)106)82-42(6)98/h7-24,37-40,51-58,67-68H,25-36H2,1-6H3,(H2,79,111)(H2,80,112)(H,81,97)(H,82,98)(H,83,115)(H,84,116)(H,85,117)(H,86,118)(H,87,119)(H,88,120)(H,89,113)(H,90,114)(H,99,100)(H,101,102)(H,103,104)(H,105,106)(H,107,108)(H,109,110)/b66-65-/t51-,52+,53-,54+,55-,56+,57-,58+,67-,68?/m0/s1. The number of amides is 12. The van der Waals surface area contributed by atoms with E-state index in [1.165, 1.54) is 49.5 Å². The molecule has 42 nitrogen and oxygen atoms in total. The summed E-state index contributed by atoms with van der Waals surface area (Å²) >= 11 is 0. The fourth-order valence-electron chi connectivity index (χ4n) is 12.2. The van der Waals surface area contributed by atoms with E-state index in [2.05, 4.69) is 73.8 Å². The second-order valence-corrected chi connectivity index (χ2v) is 28.5. The van der Waals surface area contributed by atoms with E-state index in [-0.39, 0.29) is 37.3 Å². The molecule has 20 N–H and O–H groups in total. The molecule has 2 aromatic heterocycles. The Morgan fingerprint density at radius 1 is 0.333 bits per heavy atom. The number of aliphatic carboxylic acids is 6. The van der Waals surface area contributed by atoms with Gasteiger partial charge in [-0.3, -0.25) is 86.3 Å². The van der Waals surface area contributed by atoms with Crippen molar-refractivity contribution in [2.75, 3.05) is 0 Å². The van der Waals surface area contributed by atoms with Crippen LogP contribution in [0, 0.1) is 11.8 Å². The Balaban J connectivity index is 1.15. The summed E-state index contributed by atoms with van der Waals surface area (Å²) in [6.45, 7) is 8.07. The van der Waals surface area contributed by atoms with Crippen LogP contribution in [0.1, 0.15) is 138 Å². The first-order chi connectivity index (χ1) is 56.6. The highest BCUT2D eigenvalue weighted by atomic mass is 16.4. The molecule has 2 heterocycles. The zero-order chi connectivity index (χ0) is 88.8. The molecular formula is C78H94N18O24.